The molecule has 1 N–H and O–H groups in total. The molecule has 6 nitrogen and oxygen atoms in total. The molecule has 3 aromatic rings. The second kappa shape index (κ2) is 7.71. The van der Waals surface area contributed by atoms with Crippen LogP contribution in [0.5, 0.6) is 0 Å². The van der Waals surface area contributed by atoms with Gasteiger partial charge in [0.25, 0.3) is 11.6 Å². The van der Waals surface area contributed by atoms with Crippen molar-refractivity contribution in [3.63, 3.8) is 0 Å². The average Bonchev–Trinajstić information content (AvgIpc) is 3.04. The van der Waals surface area contributed by atoms with Gasteiger partial charge in [-0.3, -0.25) is 20.2 Å². The molecule has 0 aliphatic rings. The number of carbonyl (C=O) groups is 1. The lowest BCUT2D eigenvalue weighted by atomic mass is 10.1. The number of amides is 1. The van der Waals surface area contributed by atoms with Gasteiger partial charge in [-0.15, -0.1) is 11.3 Å². The van der Waals surface area contributed by atoms with E-state index in [-0.39, 0.29) is 17.1 Å². The van der Waals surface area contributed by atoms with Gasteiger partial charge < -0.3 is 0 Å². The topological polar surface area (TPSA) is 85.1 Å². The van der Waals surface area contributed by atoms with E-state index in [1.54, 1.807) is 18.3 Å². The maximum Gasteiger partial charge on any atom is 0.284 e. The predicted molar refractivity (Wildman–Crippen MR) is 100 cm³/mol. The van der Waals surface area contributed by atoms with Crippen LogP contribution in [0.4, 0.5) is 15.2 Å². The van der Waals surface area contributed by atoms with Gasteiger partial charge in [0.05, 0.1) is 9.40 Å². The maximum atomic E-state index is 12.9. The van der Waals surface area contributed by atoms with Crippen LogP contribution in [0.1, 0.15) is 20.8 Å². The molecule has 1 amide bonds. The van der Waals surface area contributed by atoms with Crippen LogP contribution >= 0.6 is 27.3 Å². The number of nitrogens with one attached hydrogen (secondary N) is 1. The highest BCUT2D eigenvalue weighted by Crippen LogP contribution is 2.27. The molecular formula is C17H11BrFN3O3S. The SMILES string of the molecule is O=C(Nc1ncc(Cc2ccc(F)cc2)s1)c1ccc(Br)c([N+](=O)[O-])c1. The van der Waals surface area contributed by atoms with E-state index in [9.17, 15) is 19.3 Å². The number of rotatable bonds is 5. The number of carbonyl (C=O) groups excluding carboxylic acids is 1. The van der Waals surface area contributed by atoms with E-state index in [0.717, 1.165) is 10.4 Å². The number of anilines is 1. The molecule has 0 bridgehead atoms. The van der Waals surface area contributed by atoms with Gasteiger partial charge in [-0.25, -0.2) is 9.37 Å². The van der Waals surface area contributed by atoms with E-state index < -0.39 is 10.8 Å². The number of nitro groups is 1. The summed E-state index contributed by atoms with van der Waals surface area (Å²) in [6, 6.07) is 10.3. The Morgan fingerprint density at radius 3 is 2.69 bits per heavy atom. The molecule has 3 rings (SSSR count). The summed E-state index contributed by atoms with van der Waals surface area (Å²) in [6.07, 6.45) is 2.20. The summed E-state index contributed by atoms with van der Waals surface area (Å²) in [5.74, 6) is -0.780. The van der Waals surface area contributed by atoms with E-state index >= 15 is 0 Å². The summed E-state index contributed by atoms with van der Waals surface area (Å²) in [5.41, 5.74) is 0.903. The van der Waals surface area contributed by atoms with Crippen molar-refractivity contribution in [1.82, 2.24) is 4.98 Å². The Bertz CT molecular complexity index is 976. The van der Waals surface area contributed by atoms with Crippen molar-refractivity contribution in [2.75, 3.05) is 5.32 Å². The zero-order valence-electron chi connectivity index (χ0n) is 13.1. The fraction of sp³-hybridized carbons (Fsp3) is 0.0588. The first kappa shape index (κ1) is 18.2. The number of nitrogens with zero attached hydrogens (tertiary/aromatic N) is 2. The van der Waals surface area contributed by atoms with Crippen molar-refractivity contribution in [3.05, 3.63) is 85.1 Å². The first-order valence-corrected chi connectivity index (χ1v) is 8.98. The zero-order chi connectivity index (χ0) is 18.7. The van der Waals surface area contributed by atoms with Crippen molar-refractivity contribution in [1.29, 1.82) is 0 Å². The highest BCUT2D eigenvalue weighted by atomic mass is 79.9. The third-order valence-electron chi connectivity index (χ3n) is 3.47. The summed E-state index contributed by atoms with van der Waals surface area (Å²) >= 11 is 4.37. The van der Waals surface area contributed by atoms with Gasteiger partial charge in [0.15, 0.2) is 5.13 Å². The average molecular weight is 436 g/mol. The molecule has 2 aromatic carbocycles. The van der Waals surface area contributed by atoms with E-state index in [4.69, 9.17) is 0 Å². The standard InChI is InChI=1S/C17H11BrFN3O3S/c18-14-6-3-11(8-15(14)22(24)25)16(23)21-17-20-9-13(26-17)7-10-1-4-12(19)5-2-10/h1-6,8-9H,7H2,(H,20,21,23). The molecule has 0 aliphatic heterocycles. The van der Waals surface area contributed by atoms with Crippen LogP contribution in [0, 0.1) is 15.9 Å². The van der Waals surface area contributed by atoms with Crippen LogP contribution in [0.15, 0.2) is 53.1 Å². The van der Waals surface area contributed by atoms with Crippen LogP contribution < -0.4 is 5.32 Å². The van der Waals surface area contributed by atoms with Gasteiger partial charge in [-0.05, 0) is 45.8 Å². The number of nitro benzene ring substituents is 1. The first-order valence-electron chi connectivity index (χ1n) is 7.37. The number of hydrogen-bond acceptors (Lipinski definition) is 5. The summed E-state index contributed by atoms with van der Waals surface area (Å²) in [7, 11) is 0. The van der Waals surface area contributed by atoms with Gasteiger partial charge in [0.2, 0.25) is 0 Å². The molecule has 0 atom stereocenters. The van der Waals surface area contributed by atoms with Gasteiger partial charge in [-0.2, -0.15) is 0 Å². The number of aromatic nitrogens is 1. The van der Waals surface area contributed by atoms with Crippen molar-refractivity contribution < 1.29 is 14.1 Å². The molecule has 1 aromatic heterocycles. The van der Waals surface area contributed by atoms with Gasteiger partial charge >= 0.3 is 0 Å². The minimum atomic E-state index is -0.564. The van der Waals surface area contributed by atoms with Crippen LogP contribution in [0.25, 0.3) is 0 Å². The molecule has 0 saturated heterocycles. The Morgan fingerprint density at radius 2 is 2.00 bits per heavy atom. The normalized spacial score (nSPS) is 10.5. The lowest BCUT2D eigenvalue weighted by molar-refractivity contribution is -0.385. The van der Waals surface area contributed by atoms with Gasteiger partial charge in [0.1, 0.15) is 5.82 Å². The summed E-state index contributed by atoms with van der Waals surface area (Å²) < 4.78 is 13.2. The largest absolute Gasteiger partial charge is 0.298 e. The molecule has 0 saturated carbocycles. The minimum Gasteiger partial charge on any atom is -0.298 e. The lowest BCUT2D eigenvalue weighted by Gasteiger charge is -2.02. The molecule has 132 valence electrons. The fourth-order valence-electron chi connectivity index (χ4n) is 2.21. The van der Waals surface area contributed by atoms with E-state index in [1.165, 1.54) is 41.7 Å². The Kier molecular flexibility index (Phi) is 5.38. The zero-order valence-corrected chi connectivity index (χ0v) is 15.5. The van der Waals surface area contributed by atoms with Crippen molar-refractivity contribution in [2.45, 2.75) is 6.42 Å². The second-order valence-electron chi connectivity index (χ2n) is 5.31. The number of halogens is 2. The van der Waals surface area contributed by atoms with E-state index in [0.29, 0.717) is 16.0 Å². The van der Waals surface area contributed by atoms with Crippen LogP contribution in [0.2, 0.25) is 0 Å². The van der Waals surface area contributed by atoms with Crippen molar-refractivity contribution >= 4 is 44.0 Å². The van der Waals surface area contributed by atoms with Crippen molar-refractivity contribution in [2.24, 2.45) is 0 Å². The quantitative estimate of drug-likeness (QED) is 0.460. The number of thiazole rings is 1. The molecule has 0 aliphatic carbocycles. The van der Waals surface area contributed by atoms with Gasteiger partial charge in [0, 0.05) is 29.1 Å². The van der Waals surface area contributed by atoms with Gasteiger partial charge in [-0.1, -0.05) is 12.1 Å². The highest BCUT2D eigenvalue weighted by molar-refractivity contribution is 9.10. The summed E-state index contributed by atoms with van der Waals surface area (Å²) in [4.78, 5) is 27.7. The second-order valence-corrected chi connectivity index (χ2v) is 7.28. The number of hydrogen-bond donors (Lipinski definition) is 1. The Morgan fingerprint density at radius 1 is 1.27 bits per heavy atom. The fourth-order valence-corrected chi connectivity index (χ4v) is 3.45. The van der Waals surface area contributed by atoms with Crippen LogP contribution in [0.3, 0.4) is 0 Å². The molecular weight excluding hydrogens is 425 g/mol. The number of benzene rings is 2. The molecule has 0 unspecified atom stereocenters. The Balaban J connectivity index is 1.70. The van der Waals surface area contributed by atoms with Crippen molar-refractivity contribution in [3.8, 4) is 0 Å². The predicted octanol–water partition coefficient (Wildman–Crippen LogP) is 4.80. The lowest BCUT2D eigenvalue weighted by Crippen LogP contribution is -2.11. The third-order valence-corrected chi connectivity index (χ3v) is 5.05. The van der Waals surface area contributed by atoms with E-state index in [2.05, 4.69) is 26.2 Å². The molecule has 26 heavy (non-hydrogen) atoms. The smallest absolute Gasteiger partial charge is 0.284 e. The highest BCUT2D eigenvalue weighted by Gasteiger charge is 2.17. The monoisotopic (exact) mass is 435 g/mol. The maximum absolute atomic E-state index is 12.9. The Labute approximate surface area is 160 Å². The Hall–Kier alpha value is -2.65. The first-order chi connectivity index (χ1) is 12.4. The van der Waals surface area contributed by atoms with E-state index in [1.807, 2.05) is 0 Å². The molecule has 0 spiro atoms. The molecule has 0 fully saturated rings. The molecule has 9 heteroatoms. The molecule has 1 heterocycles. The molecule has 0 radical (unpaired) electrons. The summed E-state index contributed by atoms with van der Waals surface area (Å²) in [5, 5.41) is 14.0. The third kappa shape index (κ3) is 4.30. The van der Waals surface area contributed by atoms with Crippen LogP contribution in [-0.2, 0) is 6.42 Å². The minimum absolute atomic E-state index is 0.162. The summed E-state index contributed by atoms with van der Waals surface area (Å²) in [6.45, 7) is 0. The van der Waals surface area contributed by atoms with Crippen LogP contribution in [-0.4, -0.2) is 15.8 Å².